The van der Waals surface area contributed by atoms with Crippen LogP contribution in [0.2, 0.25) is 0 Å². The first-order valence-electron chi connectivity index (χ1n) is 4.16. The number of benzene rings is 1. The van der Waals surface area contributed by atoms with Crippen molar-refractivity contribution in [1.82, 2.24) is 0 Å². The van der Waals surface area contributed by atoms with Crippen LogP contribution in [0.5, 0.6) is 0 Å². The highest BCUT2D eigenvalue weighted by molar-refractivity contribution is 6.35. The van der Waals surface area contributed by atoms with Gasteiger partial charge in [-0.25, -0.2) is 0 Å². The summed E-state index contributed by atoms with van der Waals surface area (Å²) in [6.45, 7) is 1.79. The van der Waals surface area contributed by atoms with Gasteiger partial charge in [-0.15, -0.1) is 0 Å². The van der Waals surface area contributed by atoms with E-state index < -0.39 is 11.2 Å². The predicted octanol–water partition coefficient (Wildman–Crippen LogP) is 3.26. The van der Waals surface area contributed by atoms with Gasteiger partial charge in [0.2, 0.25) is 5.78 Å². The molecule has 0 aliphatic heterocycles. The fourth-order valence-corrected chi connectivity index (χ4v) is 1.30. The summed E-state index contributed by atoms with van der Waals surface area (Å²) in [6, 6.07) is 6.23. The molecule has 0 atom stereocenters. The summed E-state index contributed by atoms with van der Waals surface area (Å²) in [6.07, 6.45) is 0.523. The Kier molecular flexibility index (Phi) is 3.21. The Morgan fingerprint density at radius 3 is 2.50 bits per heavy atom. The minimum absolute atomic E-state index is 0.00463. The van der Waals surface area contributed by atoms with Gasteiger partial charge in [-0.1, -0.05) is 31.2 Å². The predicted molar refractivity (Wildman–Crippen MR) is 51.0 cm³/mol. The third kappa shape index (κ3) is 2.29. The van der Waals surface area contributed by atoms with E-state index in [1.165, 1.54) is 12.1 Å². The second-order valence-corrected chi connectivity index (χ2v) is 3.31. The molecule has 1 nitrogen and oxygen atoms in total. The number of carbonyl (C=O) groups excluding carboxylic acids is 1. The van der Waals surface area contributed by atoms with E-state index in [0.717, 1.165) is 0 Å². The maximum Gasteiger partial charge on any atom is 0.384 e. The zero-order valence-electron chi connectivity index (χ0n) is 7.56. The van der Waals surface area contributed by atoms with E-state index in [1.54, 1.807) is 19.1 Å². The van der Waals surface area contributed by atoms with Crippen molar-refractivity contribution in [2.75, 3.05) is 0 Å². The van der Waals surface area contributed by atoms with Crippen LogP contribution in [0.3, 0.4) is 0 Å². The van der Waals surface area contributed by atoms with Gasteiger partial charge in [0.05, 0.1) is 0 Å². The molecule has 0 saturated carbocycles. The molecule has 14 heavy (non-hydrogen) atoms. The Bertz CT molecular complexity index is 344. The average Bonchev–Trinajstić information content (AvgIpc) is 2.15. The van der Waals surface area contributed by atoms with Crippen molar-refractivity contribution >= 4 is 17.4 Å². The van der Waals surface area contributed by atoms with Gasteiger partial charge in [0.1, 0.15) is 0 Å². The molecule has 0 amide bonds. The number of alkyl halides is 3. The highest BCUT2D eigenvalue weighted by Gasteiger charge is 2.37. The molecule has 0 fully saturated rings. The second-order valence-electron chi connectivity index (χ2n) is 2.84. The molecule has 0 spiro atoms. The lowest BCUT2D eigenvalue weighted by molar-refractivity contribution is 0.0535. The van der Waals surface area contributed by atoms with Gasteiger partial charge in [-0.2, -0.15) is 8.78 Å². The molecular formula is C10H9ClF2O. The number of hydrogen-bond acceptors (Lipinski definition) is 1. The Labute approximate surface area is 85.7 Å². The van der Waals surface area contributed by atoms with Crippen LogP contribution in [0.15, 0.2) is 24.3 Å². The van der Waals surface area contributed by atoms with Crippen LogP contribution in [0.4, 0.5) is 8.78 Å². The Hall–Kier alpha value is -0.960. The number of Topliss-reactive ketones (excluding diaryl/α,β-unsaturated/α-hetero) is 1. The van der Waals surface area contributed by atoms with Crippen molar-refractivity contribution in [3.8, 4) is 0 Å². The summed E-state index contributed by atoms with van der Waals surface area (Å²) in [4.78, 5) is 11.2. The van der Waals surface area contributed by atoms with Gasteiger partial charge in [0.25, 0.3) is 0 Å². The van der Waals surface area contributed by atoms with Crippen LogP contribution in [0.1, 0.15) is 22.8 Å². The molecule has 1 aromatic carbocycles. The minimum Gasteiger partial charge on any atom is -0.286 e. The van der Waals surface area contributed by atoms with E-state index in [2.05, 4.69) is 11.6 Å². The summed E-state index contributed by atoms with van der Waals surface area (Å²) in [5.74, 6) is -1.34. The number of aryl methyl sites for hydroxylation is 1. The third-order valence-corrected chi connectivity index (χ3v) is 2.07. The van der Waals surface area contributed by atoms with Crippen molar-refractivity contribution in [3.63, 3.8) is 0 Å². The van der Waals surface area contributed by atoms with Gasteiger partial charge in [-0.3, -0.25) is 4.79 Å². The number of ketones is 1. The van der Waals surface area contributed by atoms with Gasteiger partial charge < -0.3 is 0 Å². The van der Waals surface area contributed by atoms with Crippen molar-refractivity contribution in [1.29, 1.82) is 0 Å². The van der Waals surface area contributed by atoms with E-state index in [9.17, 15) is 13.6 Å². The second kappa shape index (κ2) is 4.05. The fraction of sp³-hybridized carbons (Fsp3) is 0.300. The van der Waals surface area contributed by atoms with Gasteiger partial charge in [0.15, 0.2) is 0 Å². The number of halogens is 3. The van der Waals surface area contributed by atoms with E-state index in [0.29, 0.717) is 12.0 Å². The van der Waals surface area contributed by atoms with Crippen LogP contribution in [0.25, 0.3) is 0 Å². The van der Waals surface area contributed by atoms with Crippen LogP contribution < -0.4 is 0 Å². The first kappa shape index (κ1) is 11.1. The Morgan fingerprint density at radius 2 is 2.00 bits per heavy atom. The molecule has 0 heterocycles. The zero-order valence-corrected chi connectivity index (χ0v) is 8.31. The van der Waals surface area contributed by atoms with Crippen molar-refractivity contribution < 1.29 is 13.6 Å². The van der Waals surface area contributed by atoms with Crippen LogP contribution in [-0.4, -0.2) is 11.2 Å². The molecule has 0 saturated heterocycles. The smallest absolute Gasteiger partial charge is 0.286 e. The summed E-state index contributed by atoms with van der Waals surface area (Å²) in [7, 11) is 0. The van der Waals surface area contributed by atoms with E-state index in [4.69, 9.17) is 0 Å². The van der Waals surface area contributed by atoms with Gasteiger partial charge >= 0.3 is 5.38 Å². The normalized spacial score (nSPS) is 11.4. The lowest BCUT2D eigenvalue weighted by Gasteiger charge is -2.09. The molecule has 0 aromatic heterocycles. The monoisotopic (exact) mass is 218 g/mol. The summed E-state index contributed by atoms with van der Waals surface area (Å²) in [5, 5.41) is -3.81. The largest absolute Gasteiger partial charge is 0.384 e. The molecule has 0 aliphatic rings. The number of carbonyl (C=O) groups is 1. The molecule has 0 N–H and O–H groups in total. The van der Waals surface area contributed by atoms with Crippen molar-refractivity contribution in [3.05, 3.63) is 35.4 Å². The maximum absolute atomic E-state index is 12.5. The third-order valence-electron chi connectivity index (χ3n) is 1.90. The molecule has 1 rings (SSSR count). The Balaban J connectivity index is 3.13. The van der Waals surface area contributed by atoms with Gasteiger partial charge in [0, 0.05) is 5.56 Å². The zero-order chi connectivity index (χ0) is 10.8. The average molecular weight is 219 g/mol. The lowest BCUT2D eigenvalue weighted by Crippen LogP contribution is -2.22. The molecule has 76 valence electrons. The summed E-state index contributed by atoms with van der Waals surface area (Å²) >= 11 is 4.66. The summed E-state index contributed by atoms with van der Waals surface area (Å²) < 4.78 is 25.1. The first-order chi connectivity index (χ1) is 6.46. The Morgan fingerprint density at radius 1 is 1.43 bits per heavy atom. The quantitative estimate of drug-likeness (QED) is 0.562. The molecule has 0 bridgehead atoms. The fourth-order valence-electron chi connectivity index (χ4n) is 1.20. The van der Waals surface area contributed by atoms with E-state index >= 15 is 0 Å². The topological polar surface area (TPSA) is 17.1 Å². The van der Waals surface area contributed by atoms with E-state index in [1.807, 2.05) is 0 Å². The van der Waals surface area contributed by atoms with Crippen molar-refractivity contribution in [2.24, 2.45) is 0 Å². The summed E-state index contributed by atoms with van der Waals surface area (Å²) in [5.41, 5.74) is 0.577. The number of hydrogen-bond donors (Lipinski definition) is 0. The van der Waals surface area contributed by atoms with Gasteiger partial charge in [-0.05, 0) is 23.6 Å². The molecule has 0 unspecified atom stereocenters. The lowest BCUT2D eigenvalue weighted by atomic mass is 10.0. The van der Waals surface area contributed by atoms with Crippen LogP contribution >= 0.6 is 11.6 Å². The number of rotatable bonds is 3. The molecule has 0 radical (unpaired) electrons. The van der Waals surface area contributed by atoms with Crippen molar-refractivity contribution in [2.45, 2.75) is 18.7 Å². The molecular weight excluding hydrogens is 210 g/mol. The highest BCUT2D eigenvalue weighted by Crippen LogP contribution is 2.26. The maximum atomic E-state index is 12.5. The standard InChI is InChI=1S/C10H9ClF2O/c1-2-7-5-3-4-6-8(7)9(14)10(11,12)13/h3-6H,2H2,1H3. The van der Waals surface area contributed by atoms with Crippen LogP contribution in [0, 0.1) is 0 Å². The van der Waals surface area contributed by atoms with E-state index in [-0.39, 0.29) is 5.56 Å². The highest BCUT2D eigenvalue weighted by atomic mass is 35.5. The molecule has 0 aliphatic carbocycles. The minimum atomic E-state index is -3.81. The SMILES string of the molecule is CCc1ccccc1C(=O)C(F)(F)Cl. The first-order valence-corrected chi connectivity index (χ1v) is 4.54. The van der Waals surface area contributed by atoms with Crippen LogP contribution in [-0.2, 0) is 6.42 Å². The molecule has 1 aromatic rings. The molecule has 4 heteroatoms.